The molecule has 0 aliphatic heterocycles. The summed E-state index contributed by atoms with van der Waals surface area (Å²) < 4.78 is 3.08. The maximum absolute atomic E-state index is 4.28. The van der Waals surface area contributed by atoms with Gasteiger partial charge in [-0.3, -0.25) is 4.99 Å². The Morgan fingerprint density at radius 3 is 2.42 bits per heavy atom. The molecule has 2 N–H and O–H groups in total. The summed E-state index contributed by atoms with van der Waals surface area (Å²) in [6, 6.07) is 8.38. The molecule has 0 saturated heterocycles. The predicted molar refractivity (Wildman–Crippen MR) is 123 cm³/mol. The highest BCUT2D eigenvalue weighted by molar-refractivity contribution is 14.0. The van der Waals surface area contributed by atoms with Crippen LogP contribution in [0.15, 0.2) is 38.6 Å². The van der Waals surface area contributed by atoms with E-state index in [0.29, 0.717) is 6.54 Å². The minimum absolute atomic E-state index is 0. The summed E-state index contributed by atoms with van der Waals surface area (Å²) in [5.41, 5.74) is 0. The smallest absolute Gasteiger partial charge is 0.191 e. The molecule has 0 saturated carbocycles. The Morgan fingerprint density at radius 1 is 1.23 bits per heavy atom. The van der Waals surface area contributed by atoms with Crippen LogP contribution in [0.25, 0.3) is 0 Å². The predicted octanol–water partition coefficient (Wildman–Crippen LogP) is 3.74. The molecule has 1 heterocycles. The van der Waals surface area contributed by atoms with Gasteiger partial charge in [0.25, 0.3) is 0 Å². The second-order valence-corrected chi connectivity index (χ2v) is 9.01. The lowest BCUT2D eigenvalue weighted by molar-refractivity contribution is 0.654. The van der Waals surface area contributed by atoms with Crippen LogP contribution >= 0.6 is 51.7 Å². The zero-order valence-electron chi connectivity index (χ0n) is 15.7. The highest BCUT2D eigenvalue weighted by Gasteiger charge is 2.20. The lowest BCUT2D eigenvalue weighted by atomic mass is 10.2. The standard InChI is InChI=1S/C17H25BrN6S.HI/c1-12-22-23-15(24(12)5)10-20-16(19-4)21-11-17(2,3)25-14-8-6-13(18)7-9-14;/h6-9H,10-11H2,1-5H3,(H2,19,20,21);1H. The highest BCUT2D eigenvalue weighted by Crippen LogP contribution is 2.32. The van der Waals surface area contributed by atoms with Gasteiger partial charge in [0.2, 0.25) is 0 Å². The van der Waals surface area contributed by atoms with E-state index in [0.717, 1.165) is 28.6 Å². The van der Waals surface area contributed by atoms with Crippen molar-refractivity contribution < 1.29 is 0 Å². The fourth-order valence-corrected chi connectivity index (χ4v) is 3.46. The van der Waals surface area contributed by atoms with E-state index >= 15 is 0 Å². The number of aromatic nitrogens is 3. The van der Waals surface area contributed by atoms with E-state index in [4.69, 9.17) is 0 Å². The molecule has 0 fully saturated rings. The van der Waals surface area contributed by atoms with Crippen molar-refractivity contribution in [1.29, 1.82) is 0 Å². The first-order valence-corrected chi connectivity index (χ1v) is 9.65. The van der Waals surface area contributed by atoms with Gasteiger partial charge in [0.1, 0.15) is 5.82 Å². The van der Waals surface area contributed by atoms with Crippen molar-refractivity contribution >= 4 is 57.6 Å². The normalized spacial score (nSPS) is 11.8. The van der Waals surface area contributed by atoms with Gasteiger partial charge in [0.15, 0.2) is 11.8 Å². The van der Waals surface area contributed by atoms with E-state index in [1.54, 1.807) is 7.05 Å². The van der Waals surface area contributed by atoms with E-state index in [2.05, 4.69) is 79.9 Å². The minimum Gasteiger partial charge on any atom is -0.355 e. The third-order valence-electron chi connectivity index (χ3n) is 3.71. The monoisotopic (exact) mass is 552 g/mol. The van der Waals surface area contributed by atoms with Crippen LogP contribution in [0.2, 0.25) is 0 Å². The van der Waals surface area contributed by atoms with Crippen molar-refractivity contribution in [2.75, 3.05) is 13.6 Å². The summed E-state index contributed by atoms with van der Waals surface area (Å²) in [4.78, 5) is 5.53. The second kappa shape index (κ2) is 10.5. The number of benzene rings is 1. The van der Waals surface area contributed by atoms with Gasteiger partial charge in [-0.05, 0) is 45.0 Å². The van der Waals surface area contributed by atoms with E-state index in [9.17, 15) is 0 Å². The summed E-state index contributed by atoms with van der Waals surface area (Å²) in [5, 5.41) is 14.9. The van der Waals surface area contributed by atoms with Gasteiger partial charge >= 0.3 is 0 Å². The summed E-state index contributed by atoms with van der Waals surface area (Å²) in [5.74, 6) is 2.53. The van der Waals surface area contributed by atoms with Crippen LogP contribution in [-0.4, -0.2) is 39.1 Å². The number of rotatable bonds is 6. The molecule has 0 spiro atoms. The van der Waals surface area contributed by atoms with Gasteiger partial charge in [-0.2, -0.15) is 0 Å². The molecule has 2 aromatic rings. The number of nitrogens with one attached hydrogen (secondary N) is 2. The molecular weight excluding hydrogens is 527 g/mol. The number of halogens is 2. The molecule has 1 aromatic heterocycles. The van der Waals surface area contributed by atoms with Gasteiger partial charge in [-0.1, -0.05) is 15.9 Å². The van der Waals surface area contributed by atoms with Crippen LogP contribution in [0.4, 0.5) is 0 Å². The topological polar surface area (TPSA) is 67.1 Å². The van der Waals surface area contributed by atoms with E-state index in [1.807, 2.05) is 30.3 Å². The Balaban J connectivity index is 0.00000338. The Morgan fingerprint density at radius 2 is 1.88 bits per heavy atom. The Labute approximate surface area is 185 Å². The number of hydrogen-bond acceptors (Lipinski definition) is 4. The Hall–Kier alpha value is -0.810. The molecule has 6 nitrogen and oxygen atoms in total. The van der Waals surface area contributed by atoms with Crippen LogP contribution < -0.4 is 10.6 Å². The molecule has 1 aromatic carbocycles. The zero-order valence-corrected chi connectivity index (χ0v) is 20.4. The molecule has 0 unspecified atom stereocenters. The first kappa shape index (κ1) is 23.2. The van der Waals surface area contributed by atoms with Crippen LogP contribution in [-0.2, 0) is 13.6 Å². The molecule has 0 amide bonds. The van der Waals surface area contributed by atoms with E-state index < -0.39 is 0 Å². The van der Waals surface area contributed by atoms with Gasteiger partial charge < -0.3 is 15.2 Å². The van der Waals surface area contributed by atoms with E-state index in [-0.39, 0.29) is 28.7 Å². The number of aryl methyl sites for hydroxylation is 1. The maximum atomic E-state index is 4.28. The third kappa shape index (κ3) is 7.07. The van der Waals surface area contributed by atoms with Crippen LogP contribution in [0.1, 0.15) is 25.5 Å². The lowest BCUT2D eigenvalue weighted by Crippen LogP contribution is -2.43. The van der Waals surface area contributed by atoms with Crippen molar-refractivity contribution in [3.8, 4) is 0 Å². The molecular formula is C17H26BrIN6S. The van der Waals surface area contributed by atoms with Crippen LogP contribution in [0.5, 0.6) is 0 Å². The summed E-state index contributed by atoms with van der Waals surface area (Å²) >= 11 is 5.31. The average molecular weight is 553 g/mol. The van der Waals surface area contributed by atoms with E-state index in [1.165, 1.54) is 4.90 Å². The maximum Gasteiger partial charge on any atom is 0.191 e. The number of aliphatic imine (C=N–C) groups is 1. The largest absolute Gasteiger partial charge is 0.355 e. The van der Waals surface area contributed by atoms with Crippen LogP contribution in [0, 0.1) is 6.92 Å². The molecule has 0 aliphatic rings. The number of guanidine groups is 1. The van der Waals surface area contributed by atoms with Crippen molar-refractivity contribution in [1.82, 2.24) is 25.4 Å². The highest BCUT2D eigenvalue weighted by atomic mass is 127. The van der Waals surface area contributed by atoms with Crippen molar-refractivity contribution in [3.05, 3.63) is 40.4 Å². The molecule has 0 aliphatic carbocycles. The number of hydrogen-bond donors (Lipinski definition) is 2. The third-order valence-corrected chi connectivity index (χ3v) is 5.44. The lowest BCUT2D eigenvalue weighted by Gasteiger charge is -2.25. The molecule has 0 atom stereocenters. The minimum atomic E-state index is 0. The molecule has 0 radical (unpaired) electrons. The second-order valence-electron chi connectivity index (χ2n) is 6.32. The van der Waals surface area contributed by atoms with Gasteiger partial charge in [0, 0.05) is 34.8 Å². The molecule has 26 heavy (non-hydrogen) atoms. The molecule has 0 bridgehead atoms. The van der Waals surface area contributed by atoms with Gasteiger partial charge in [-0.25, -0.2) is 0 Å². The Bertz CT molecular complexity index is 729. The first-order valence-electron chi connectivity index (χ1n) is 8.05. The quantitative estimate of drug-likeness (QED) is 0.247. The number of thioether (sulfide) groups is 1. The average Bonchev–Trinajstić information content (AvgIpc) is 2.89. The van der Waals surface area contributed by atoms with Crippen molar-refractivity contribution in [2.45, 2.75) is 37.0 Å². The van der Waals surface area contributed by atoms with Crippen molar-refractivity contribution in [2.24, 2.45) is 12.0 Å². The fourth-order valence-electron chi connectivity index (χ4n) is 2.14. The van der Waals surface area contributed by atoms with Gasteiger partial charge in [-0.15, -0.1) is 45.9 Å². The zero-order chi connectivity index (χ0) is 18.4. The summed E-state index contributed by atoms with van der Waals surface area (Å²) in [6.45, 7) is 7.73. The Kier molecular flexibility index (Phi) is 9.39. The summed E-state index contributed by atoms with van der Waals surface area (Å²) in [7, 11) is 3.73. The van der Waals surface area contributed by atoms with Crippen molar-refractivity contribution in [3.63, 3.8) is 0 Å². The SMILES string of the molecule is CN=C(NCc1nnc(C)n1C)NCC(C)(C)Sc1ccc(Br)cc1.I. The molecule has 2 rings (SSSR count). The summed E-state index contributed by atoms with van der Waals surface area (Å²) in [6.07, 6.45) is 0. The van der Waals surface area contributed by atoms with Gasteiger partial charge in [0.05, 0.1) is 6.54 Å². The molecule has 144 valence electrons. The van der Waals surface area contributed by atoms with Crippen LogP contribution in [0.3, 0.4) is 0 Å². The number of nitrogens with zero attached hydrogens (tertiary/aromatic N) is 4. The molecule has 9 heteroatoms. The fraction of sp³-hybridized carbons (Fsp3) is 0.471. The first-order chi connectivity index (χ1) is 11.8.